The molecule has 1 aliphatic rings. The van der Waals surface area contributed by atoms with E-state index in [0.717, 1.165) is 41.6 Å². The van der Waals surface area contributed by atoms with Crippen molar-refractivity contribution in [1.82, 2.24) is 9.36 Å². The number of nitrogens with zero attached hydrogens (tertiary/aromatic N) is 2. The summed E-state index contributed by atoms with van der Waals surface area (Å²) in [4.78, 5) is 4.32. The van der Waals surface area contributed by atoms with E-state index in [1.165, 1.54) is 11.5 Å². The Hall–Kier alpha value is -0.170. The maximum Gasteiger partial charge on any atom is 0.170 e. The zero-order valence-electron chi connectivity index (χ0n) is 10.1. The van der Waals surface area contributed by atoms with Gasteiger partial charge in [0.25, 0.3) is 0 Å². The number of thioether (sulfide) groups is 1. The second kappa shape index (κ2) is 5.65. The molecule has 4 nitrogen and oxygen atoms in total. The first-order chi connectivity index (χ1) is 8.14. The quantitative estimate of drug-likeness (QED) is 0.801. The molecule has 17 heavy (non-hydrogen) atoms. The topological polar surface area (TPSA) is 72.0 Å². The number of aliphatic hydroxyl groups excluding tert-OH is 1. The molecule has 2 rings (SSSR count). The van der Waals surface area contributed by atoms with Gasteiger partial charge in [-0.1, -0.05) is 18.2 Å². The molecule has 1 fully saturated rings. The molecular weight excluding hydrogens is 254 g/mol. The minimum absolute atomic E-state index is 0.111. The molecule has 1 heterocycles. The Bertz CT molecular complexity index is 371. The van der Waals surface area contributed by atoms with Gasteiger partial charge in [-0.05, 0) is 43.6 Å². The maximum atomic E-state index is 9.36. The SMILES string of the molecule is Cc1nsc(SCCC2CCCC2(N)CO)n1. The Morgan fingerprint density at radius 2 is 2.47 bits per heavy atom. The highest BCUT2D eigenvalue weighted by Gasteiger charge is 2.38. The number of aromatic nitrogens is 2. The fraction of sp³-hybridized carbons (Fsp3) is 0.818. The summed E-state index contributed by atoms with van der Waals surface area (Å²) in [5.74, 6) is 2.31. The van der Waals surface area contributed by atoms with Crippen LogP contribution in [0.4, 0.5) is 0 Å². The van der Waals surface area contributed by atoms with Crippen molar-refractivity contribution in [3.8, 4) is 0 Å². The van der Waals surface area contributed by atoms with Crippen molar-refractivity contribution in [3.63, 3.8) is 0 Å². The summed E-state index contributed by atoms with van der Waals surface area (Å²) >= 11 is 3.21. The van der Waals surface area contributed by atoms with Crippen LogP contribution in [0.1, 0.15) is 31.5 Å². The fourth-order valence-corrected chi connectivity index (χ4v) is 4.20. The lowest BCUT2D eigenvalue weighted by atomic mass is 9.87. The summed E-state index contributed by atoms with van der Waals surface area (Å²) in [5.41, 5.74) is 5.87. The molecule has 3 N–H and O–H groups in total. The summed E-state index contributed by atoms with van der Waals surface area (Å²) in [5, 5.41) is 9.36. The molecule has 0 amide bonds. The summed E-state index contributed by atoms with van der Waals surface area (Å²) in [6.45, 7) is 2.02. The third-order valence-electron chi connectivity index (χ3n) is 3.50. The highest BCUT2D eigenvalue weighted by Crippen LogP contribution is 2.37. The predicted octanol–water partition coefficient (Wildman–Crippen LogP) is 1.82. The molecule has 1 aromatic rings. The van der Waals surface area contributed by atoms with E-state index >= 15 is 0 Å². The molecule has 6 heteroatoms. The van der Waals surface area contributed by atoms with Gasteiger partial charge in [-0.2, -0.15) is 4.37 Å². The van der Waals surface area contributed by atoms with Crippen LogP contribution in [-0.2, 0) is 0 Å². The van der Waals surface area contributed by atoms with Gasteiger partial charge in [0.2, 0.25) is 0 Å². The lowest BCUT2D eigenvalue weighted by Gasteiger charge is -2.29. The molecule has 96 valence electrons. The van der Waals surface area contributed by atoms with E-state index in [4.69, 9.17) is 5.73 Å². The minimum atomic E-state index is -0.336. The first-order valence-electron chi connectivity index (χ1n) is 5.97. The van der Waals surface area contributed by atoms with Gasteiger partial charge in [0.15, 0.2) is 4.34 Å². The molecule has 1 aromatic heterocycles. The van der Waals surface area contributed by atoms with Gasteiger partial charge in [-0.3, -0.25) is 0 Å². The monoisotopic (exact) mass is 273 g/mol. The van der Waals surface area contributed by atoms with Crippen LogP contribution in [0.25, 0.3) is 0 Å². The van der Waals surface area contributed by atoms with E-state index in [1.54, 1.807) is 11.8 Å². The van der Waals surface area contributed by atoms with Crippen LogP contribution >= 0.6 is 23.3 Å². The number of nitrogens with two attached hydrogens (primary N) is 1. The van der Waals surface area contributed by atoms with Crippen molar-refractivity contribution in [2.45, 2.75) is 42.5 Å². The average molecular weight is 273 g/mol. The molecule has 0 aromatic carbocycles. The summed E-state index contributed by atoms with van der Waals surface area (Å²) in [6.07, 6.45) is 4.30. The van der Waals surface area contributed by atoms with Gasteiger partial charge >= 0.3 is 0 Å². The molecule has 0 spiro atoms. The highest BCUT2D eigenvalue weighted by molar-refractivity contribution is 8.00. The third kappa shape index (κ3) is 3.19. The number of hydrogen-bond donors (Lipinski definition) is 2. The molecule has 1 aliphatic carbocycles. The van der Waals surface area contributed by atoms with Crippen molar-refractivity contribution in [3.05, 3.63) is 5.82 Å². The Labute approximate surface area is 110 Å². The lowest BCUT2D eigenvalue weighted by molar-refractivity contribution is 0.158. The van der Waals surface area contributed by atoms with Crippen LogP contribution in [0.15, 0.2) is 4.34 Å². The second-order valence-electron chi connectivity index (χ2n) is 4.73. The first kappa shape index (κ1) is 13.3. The van der Waals surface area contributed by atoms with Crippen molar-refractivity contribution in [2.24, 2.45) is 11.7 Å². The van der Waals surface area contributed by atoms with Crippen LogP contribution in [0.2, 0.25) is 0 Å². The molecule has 1 saturated carbocycles. The van der Waals surface area contributed by atoms with E-state index < -0.39 is 0 Å². The largest absolute Gasteiger partial charge is 0.394 e. The number of hydrogen-bond acceptors (Lipinski definition) is 6. The van der Waals surface area contributed by atoms with Gasteiger partial charge < -0.3 is 10.8 Å². The molecular formula is C11H19N3OS2. The molecule has 0 saturated heterocycles. The van der Waals surface area contributed by atoms with Gasteiger partial charge in [0.1, 0.15) is 5.82 Å². The van der Waals surface area contributed by atoms with Crippen molar-refractivity contribution in [2.75, 3.05) is 12.4 Å². The van der Waals surface area contributed by atoms with Crippen molar-refractivity contribution < 1.29 is 5.11 Å². The van der Waals surface area contributed by atoms with E-state index in [2.05, 4.69) is 9.36 Å². The second-order valence-corrected chi connectivity index (χ2v) is 6.82. The van der Waals surface area contributed by atoms with Crippen LogP contribution in [-0.4, -0.2) is 32.4 Å². The van der Waals surface area contributed by atoms with Gasteiger partial charge in [-0.25, -0.2) is 4.98 Å². The number of rotatable bonds is 5. The zero-order valence-corrected chi connectivity index (χ0v) is 11.7. The average Bonchev–Trinajstić information content (AvgIpc) is 2.87. The van der Waals surface area contributed by atoms with Gasteiger partial charge in [0.05, 0.1) is 6.61 Å². The maximum absolute atomic E-state index is 9.36. The Morgan fingerprint density at radius 3 is 3.12 bits per heavy atom. The van der Waals surface area contributed by atoms with E-state index in [-0.39, 0.29) is 12.1 Å². The van der Waals surface area contributed by atoms with Crippen LogP contribution in [0.3, 0.4) is 0 Å². The molecule has 0 radical (unpaired) electrons. The number of aryl methyl sites for hydroxylation is 1. The minimum Gasteiger partial charge on any atom is -0.394 e. The lowest BCUT2D eigenvalue weighted by Crippen LogP contribution is -2.47. The summed E-state index contributed by atoms with van der Waals surface area (Å²) in [6, 6.07) is 0. The third-order valence-corrected chi connectivity index (χ3v) is 5.46. The Morgan fingerprint density at radius 1 is 1.65 bits per heavy atom. The highest BCUT2D eigenvalue weighted by atomic mass is 32.2. The first-order valence-corrected chi connectivity index (χ1v) is 7.73. The number of aliphatic hydroxyl groups is 1. The zero-order chi connectivity index (χ0) is 12.3. The van der Waals surface area contributed by atoms with Crippen molar-refractivity contribution in [1.29, 1.82) is 0 Å². The van der Waals surface area contributed by atoms with E-state index in [1.807, 2.05) is 6.92 Å². The Balaban J connectivity index is 1.78. The van der Waals surface area contributed by atoms with Gasteiger partial charge in [-0.15, -0.1) is 0 Å². The van der Waals surface area contributed by atoms with Crippen LogP contribution in [0, 0.1) is 12.8 Å². The summed E-state index contributed by atoms with van der Waals surface area (Å²) in [7, 11) is 0. The van der Waals surface area contributed by atoms with E-state index in [0.29, 0.717) is 5.92 Å². The summed E-state index contributed by atoms with van der Waals surface area (Å²) < 4.78 is 5.19. The van der Waals surface area contributed by atoms with Gasteiger partial charge in [0, 0.05) is 11.3 Å². The Kier molecular flexibility index (Phi) is 4.41. The van der Waals surface area contributed by atoms with Crippen molar-refractivity contribution >= 4 is 23.3 Å². The molecule has 0 aliphatic heterocycles. The van der Waals surface area contributed by atoms with Crippen LogP contribution in [0.5, 0.6) is 0 Å². The standard InChI is InChI=1S/C11H19N3OS2/c1-8-13-10(17-14-8)16-6-4-9-3-2-5-11(9,12)7-15/h9,15H,2-7,12H2,1H3. The molecule has 2 atom stereocenters. The fourth-order valence-electron chi connectivity index (χ4n) is 2.43. The smallest absolute Gasteiger partial charge is 0.170 e. The molecule has 0 bridgehead atoms. The predicted molar refractivity (Wildman–Crippen MR) is 71.3 cm³/mol. The van der Waals surface area contributed by atoms with Crippen LogP contribution < -0.4 is 5.73 Å². The molecule has 2 unspecified atom stereocenters. The van der Waals surface area contributed by atoms with E-state index in [9.17, 15) is 5.11 Å². The normalized spacial score (nSPS) is 28.8.